The van der Waals surface area contributed by atoms with E-state index in [2.05, 4.69) is 9.99 Å². The monoisotopic (exact) mass is 371 g/mol. The topological polar surface area (TPSA) is 112 Å². The molecule has 146 valence electrons. The van der Waals surface area contributed by atoms with Gasteiger partial charge in [0.2, 0.25) is 0 Å². The summed E-state index contributed by atoms with van der Waals surface area (Å²) < 4.78 is 7.58. The molecule has 1 aliphatic carbocycles. The number of nitrogens with zero attached hydrogens (tertiary/aromatic N) is 4. The average molecular weight is 371 g/mol. The highest BCUT2D eigenvalue weighted by molar-refractivity contribution is 5.52. The van der Waals surface area contributed by atoms with Crippen molar-refractivity contribution in [1.29, 1.82) is 0 Å². The molecule has 0 bridgehead atoms. The van der Waals surface area contributed by atoms with Gasteiger partial charge in [-0.3, -0.25) is 10.7 Å². The molecule has 1 aliphatic heterocycles. The summed E-state index contributed by atoms with van der Waals surface area (Å²) in [4.78, 5) is 6.53. The Morgan fingerprint density at radius 1 is 1.07 bits per heavy atom. The van der Waals surface area contributed by atoms with Gasteiger partial charge in [-0.05, 0) is 56.9 Å². The average Bonchev–Trinajstić information content (AvgIpc) is 3.15. The normalized spacial score (nSPS) is 28.1. The Morgan fingerprint density at radius 2 is 1.78 bits per heavy atom. The molecule has 1 aromatic carbocycles. The zero-order chi connectivity index (χ0) is 19.0. The number of nitrogens with two attached hydrogens (primary N) is 3. The molecule has 1 aromatic heterocycles. The molecular weight excluding hydrogens is 342 g/mol. The lowest BCUT2D eigenvalue weighted by atomic mass is 9.91. The molecule has 2 atom stereocenters. The number of aromatic nitrogens is 2. The van der Waals surface area contributed by atoms with Gasteiger partial charge < -0.3 is 21.1 Å². The fourth-order valence-electron chi connectivity index (χ4n) is 4.21. The second kappa shape index (κ2) is 7.38. The zero-order valence-electron chi connectivity index (χ0n) is 15.7. The first-order valence-corrected chi connectivity index (χ1v) is 9.70. The molecule has 2 heterocycles. The molecule has 1 fully saturated rings. The van der Waals surface area contributed by atoms with E-state index in [1.807, 2.05) is 47.0 Å². The highest BCUT2D eigenvalue weighted by Gasteiger charge is 2.40. The van der Waals surface area contributed by atoms with Crippen molar-refractivity contribution in [3.63, 3.8) is 0 Å². The van der Waals surface area contributed by atoms with Crippen molar-refractivity contribution < 1.29 is 4.74 Å². The standard InChI is InChI=1S/C19H29N7O/c1-2-27-16-9-7-14(8-10-16)25-17(21)18-23-11-12-24(18)26(19(25)22)15-5-3-13(20)4-6-15/h7-13,15,17,19H,2-6,20-22H2,1H3. The maximum atomic E-state index is 6.74. The summed E-state index contributed by atoms with van der Waals surface area (Å²) in [5.74, 6) is 1.63. The maximum Gasteiger partial charge on any atom is 0.171 e. The SMILES string of the molecule is CCOc1ccc(N2C(N)c3nccn3N(C3CCC(N)CC3)C2N)cc1. The van der Waals surface area contributed by atoms with Crippen LogP contribution in [0.25, 0.3) is 0 Å². The lowest BCUT2D eigenvalue weighted by molar-refractivity contribution is 0.267. The van der Waals surface area contributed by atoms with Crippen LogP contribution in [0.2, 0.25) is 0 Å². The van der Waals surface area contributed by atoms with Crippen molar-refractivity contribution >= 4 is 5.69 Å². The second-order valence-electron chi connectivity index (χ2n) is 7.27. The summed E-state index contributed by atoms with van der Waals surface area (Å²) in [6.45, 7) is 2.61. The van der Waals surface area contributed by atoms with Gasteiger partial charge in [0.05, 0.1) is 6.61 Å². The first-order chi connectivity index (χ1) is 13.1. The van der Waals surface area contributed by atoms with Gasteiger partial charge in [0.15, 0.2) is 12.1 Å². The molecule has 2 unspecified atom stereocenters. The number of benzene rings is 1. The molecule has 0 spiro atoms. The fraction of sp³-hybridized carbons (Fsp3) is 0.526. The van der Waals surface area contributed by atoms with Crippen LogP contribution in [0.15, 0.2) is 36.7 Å². The van der Waals surface area contributed by atoms with Gasteiger partial charge in [0.25, 0.3) is 0 Å². The summed E-state index contributed by atoms with van der Waals surface area (Å²) in [6, 6.07) is 8.49. The maximum absolute atomic E-state index is 6.74. The molecule has 6 N–H and O–H groups in total. The predicted molar refractivity (Wildman–Crippen MR) is 106 cm³/mol. The molecular formula is C19H29N7O. The molecule has 0 radical (unpaired) electrons. The molecule has 8 heteroatoms. The smallest absolute Gasteiger partial charge is 0.171 e. The van der Waals surface area contributed by atoms with Gasteiger partial charge in [-0.15, -0.1) is 0 Å². The van der Waals surface area contributed by atoms with Crippen molar-refractivity contribution in [2.45, 2.75) is 57.1 Å². The van der Waals surface area contributed by atoms with E-state index < -0.39 is 6.17 Å². The van der Waals surface area contributed by atoms with Crippen LogP contribution >= 0.6 is 0 Å². The minimum Gasteiger partial charge on any atom is -0.494 e. The van der Waals surface area contributed by atoms with Crippen molar-refractivity contribution in [1.82, 2.24) is 9.66 Å². The van der Waals surface area contributed by atoms with Crippen LogP contribution in [-0.4, -0.2) is 34.6 Å². The third kappa shape index (κ3) is 3.24. The molecule has 4 rings (SSSR count). The lowest BCUT2D eigenvalue weighted by Gasteiger charge is -2.51. The van der Waals surface area contributed by atoms with E-state index in [1.54, 1.807) is 6.20 Å². The van der Waals surface area contributed by atoms with E-state index in [1.165, 1.54) is 0 Å². The Labute approximate surface area is 159 Å². The highest BCUT2D eigenvalue weighted by atomic mass is 16.5. The summed E-state index contributed by atoms with van der Waals surface area (Å²) in [5.41, 5.74) is 20.3. The zero-order valence-corrected chi connectivity index (χ0v) is 15.7. The summed E-state index contributed by atoms with van der Waals surface area (Å²) in [6.07, 6.45) is 6.95. The largest absolute Gasteiger partial charge is 0.494 e. The third-order valence-electron chi connectivity index (χ3n) is 5.58. The van der Waals surface area contributed by atoms with E-state index in [4.69, 9.17) is 21.9 Å². The number of rotatable bonds is 4. The molecule has 2 aromatic rings. The number of hydrogen-bond acceptors (Lipinski definition) is 7. The molecule has 0 amide bonds. The van der Waals surface area contributed by atoms with Crippen molar-refractivity contribution in [3.8, 4) is 5.75 Å². The minimum absolute atomic E-state index is 0.286. The van der Waals surface area contributed by atoms with Crippen LogP contribution in [0, 0.1) is 0 Å². The van der Waals surface area contributed by atoms with E-state index >= 15 is 0 Å². The van der Waals surface area contributed by atoms with E-state index in [0.29, 0.717) is 12.6 Å². The first kappa shape index (κ1) is 18.1. The summed E-state index contributed by atoms with van der Waals surface area (Å²) in [5, 5.41) is 2.20. The Bertz CT molecular complexity index is 754. The van der Waals surface area contributed by atoms with Crippen LogP contribution in [0.5, 0.6) is 5.75 Å². The Morgan fingerprint density at radius 3 is 2.44 bits per heavy atom. The van der Waals surface area contributed by atoms with E-state index in [-0.39, 0.29) is 12.3 Å². The molecule has 0 saturated heterocycles. The van der Waals surface area contributed by atoms with Gasteiger partial charge >= 0.3 is 0 Å². The molecule has 27 heavy (non-hydrogen) atoms. The quantitative estimate of drug-likeness (QED) is 0.740. The number of ether oxygens (including phenoxy) is 1. The van der Waals surface area contributed by atoms with E-state index in [9.17, 15) is 0 Å². The van der Waals surface area contributed by atoms with Gasteiger partial charge in [0.1, 0.15) is 11.9 Å². The van der Waals surface area contributed by atoms with Crippen LogP contribution in [0.3, 0.4) is 0 Å². The van der Waals surface area contributed by atoms with E-state index in [0.717, 1.165) is 42.9 Å². The number of fused-ring (bicyclic) bond motifs is 1. The van der Waals surface area contributed by atoms with Crippen LogP contribution in [-0.2, 0) is 0 Å². The van der Waals surface area contributed by atoms with Crippen molar-refractivity contribution in [2.24, 2.45) is 17.2 Å². The van der Waals surface area contributed by atoms with Crippen molar-refractivity contribution in [3.05, 3.63) is 42.5 Å². The van der Waals surface area contributed by atoms with Crippen LogP contribution < -0.4 is 31.8 Å². The highest BCUT2D eigenvalue weighted by Crippen LogP contribution is 2.33. The number of anilines is 1. The Balaban J connectivity index is 1.66. The van der Waals surface area contributed by atoms with Crippen LogP contribution in [0.1, 0.15) is 44.6 Å². The summed E-state index contributed by atoms with van der Waals surface area (Å²) in [7, 11) is 0. The second-order valence-corrected chi connectivity index (χ2v) is 7.27. The Kier molecular flexibility index (Phi) is 4.94. The molecule has 2 aliphatic rings. The van der Waals surface area contributed by atoms with Gasteiger partial charge in [-0.1, -0.05) is 0 Å². The summed E-state index contributed by atoms with van der Waals surface area (Å²) >= 11 is 0. The molecule has 1 saturated carbocycles. The van der Waals surface area contributed by atoms with Gasteiger partial charge in [-0.25, -0.2) is 9.66 Å². The third-order valence-corrected chi connectivity index (χ3v) is 5.58. The fourth-order valence-corrected chi connectivity index (χ4v) is 4.21. The first-order valence-electron chi connectivity index (χ1n) is 9.70. The Hall–Kier alpha value is -2.29. The van der Waals surface area contributed by atoms with Gasteiger partial charge in [0, 0.05) is 30.2 Å². The lowest BCUT2D eigenvalue weighted by Crippen LogP contribution is -2.68. The molecule has 8 nitrogen and oxygen atoms in total. The van der Waals surface area contributed by atoms with Crippen LogP contribution in [0.4, 0.5) is 5.69 Å². The number of hydrogen-bond donors (Lipinski definition) is 3. The number of imidazole rings is 1. The van der Waals surface area contributed by atoms with Crippen molar-refractivity contribution in [2.75, 3.05) is 16.5 Å². The minimum atomic E-state index is -0.421. The predicted octanol–water partition coefficient (Wildman–Crippen LogP) is 1.21. The van der Waals surface area contributed by atoms with Gasteiger partial charge in [-0.2, -0.15) is 0 Å².